The topological polar surface area (TPSA) is 59.1 Å². The van der Waals surface area contributed by atoms with E-state index >= 15 is 0 Å². The SMILES string of the molecule is COC/C=C\CN1CCN(C(=O)OC(C)(C)C)CC1=O. The molecule has 1 fully saturated rings. The minimum atomic E-state index is -0.542. The van der Waals surface area contributed by atoms with Gasteiger partial charge in [0.05, 0.1) is 6.61 Å². The summed E-state index contributed by atoms with van der Waals surface area (Å²) in [5, 5.41) is 0. The quantitative estimate of drug-likeness (QED) is 0.729. The Morgan fingerprint density at radius 2 is 2.00 bits per heavy atom. The van der Waals surface area contributed by atoms with Crippen LogP contribution in [0.2, 0.25) is 0 Å². The largest absolute Gasteiger partial charge is 0.444 e. The molecule has 0 unspecified atom stereocenters. The smallest absolute Gasteiger partial charge is 0.410 e. The van der Waals surface area contributed by atoms with E-state index in [0.717, 1.165) is 0 Å². The molecular weight excluding hydrogens is 260 g/mol. The Morgan fingerprint density at radius 1 is 1.30 bits per heavy atom. The maximum Gasteiger partial charge on any atom is 0.410 e. The van der Waals surface area contributed by atoms with E-state index in [4.69, 9.17) is 9.47 Å². The number of rotatable bonds is 4. The predicted octanol–water partition coefficient (Wildman–Crippen LogP) is 1.27. The van der Waals surface area contributed by atoms with Gasteiger partial charge in [-0.25, -0.2) is 4.79 Å². The second-order valence-electron chi connectivity index (χ2n) is 5.67. The van der Waals surface area contributed by atoms with Crippen molar-refractivity contribution in [2.75, 3.05) is 39.9 Å². The molecule has 0 aromatic rings. The number of hydrogen-bond acceptors (Lipinski definition) is 4. The van der Waals surface area contributed by atoms with Crippen LogP contribution < -0.4 is 0 Å². The molecule has 20 heavy (non-hydrogen) atoms. The molecule has 1 aliphatic rings. The van der Waals surface area contributed by atoms with Gasteiger partial charge in [-0.1, -0.05) is 12.2 Å². The first kappa shape index (κ1) is 16.5. The van der Waals surface area contributed by atoms with Crippen LogP contribution in [0.4, 0.5) is 4.79 Å². The van der Waals surface area contributed by atoms with Crippen molar-refractivity contribution in [2.24, 2.45) is 0 Å². The van der Waals surface area contributed by atoms with E-state index in [1.165, 1.54) is 4.90 Å². The second-order valence-corrected chi connectivity index (χ2v) is 5.67. The van der Waals surface area contributed by atoms with Gasteiger partial charge in [-0.3, -0.25) is 9.69 Å². The highest BCUT2D eigenvalue weighted by Crippen LogP contribution is 2.12. The molecular formula is C14H24N2O4. The standard InChI is InChI=1S/C14H24N2O4/c1-14(2,3)20-13(18)16-9-8-15(12(17)11-16)7-5-6-10-19-4/h5-6H,7-11H2,1-4H3/b6-5-. The van der Waals surface area contributed by atoms with Crippen LogP contribution in [0, 0.1) is 0 Å². The number of ether oxygens (including phenoxy) is 2. The van der Waals surface area contributed by atoms with Crippen LogP contribution in [0.25, 0.3) is 0 Å². The molecule has 0 saturated carbocycles. The summed E-state index contributed by atoms with van der Waals surface area (Å²) >= 11 is 0. The van der Waals surface area contributed by atoms with E-state index in [1.807, 2.05) is 32.9 Å². The lowest BCUT2D eigenvalue weighted by molar-refractivity contribution is -0.135. The highest BCUT2D eigenvalue weighted by atomic mass is 16.6. The first-order valence-corrected chi connectivity index (χ1v) is 6.73. The zero-order valence-corrected chi connectivity index (χ0v) is 12.7. The van der Waals surface area contributed by atoms with Crippen LogP contribution in [0.5, 0.6) is 0 Å². The Kier molecular flexibility index (Phi) is 6.01. The van der Waals surface area contributed by atoms with Gasteiger partial charge in [0.25, 0.3) is 0 Å². The zero-order valence-electron chi connectivity index (χ0n) is 12.7. The summed E-state index contributed by atoms with van der Waals surface area (Å²) in [4.78, 5) is 27.0. The van der Waals surface area contributed by atoms with Crippen molar-refractivity contribution >= 4 is 12.0 Å². The maximum atomic E-state index is 11.9. The van der Waals surface area contributed by atoms with E-state index in [0.29, 0.717) is 26.2 Å². The highest BCUT2D eigenvalue weighted by Gasteiger charge is 2.29. The Morgan fingerprint density at radius 3 is 2.55 bits per heavy atom. The van der Waals surface area contributed by atoms with Gasteiger partial charge in [-0.05, 0) is 20.8 Å². The average molecular weight is 284 g/mol. The summed E-state index contributed by atoms with van der Waals surface area (Å²) < 4.78 is 10.2. The van der Waals surface area contributed by atoms with Gasteiger partial charge in [-0.2, -0.15) is 0 Å². The summed E-state index contributed by atoms with van der Waals surface area (Å²) in [5.41, 5.74) is -0.542. The lowest BCUT2D eigenvalue weighted by Gasteiger charge is -2.34. The van der Waals surface area contributed by atoms with Gasteiger partial charge in [0.2, 0.25) is 5.91 Å². The summed E-state index contributed by atoms with van der Waals surface area (Å²) in [6.45, 7) is 7.61. The molecule has 0 aliphatic carbocycles. The Bertz CT molecular complexity index is 374. The van der Waals surface area contributed by atoms with Crippen LogP contribution in [0.15, 0.2) is 12.2 Å². The van der Waals surface area contributed by atoms with Gasteiger partial charge in [0.1, 0.15) is 12.1 Å². The zero-order chi connectivity index (χ0) is 15.2. The summed E-state index contributed by atoms with van der Waals surface area (Å²) in [6, 6.07) is 0. The molecule has 6 nitrogen and oxygen atoms in total. The van der Waals surface area contributed by atoms with Crippen molar-refractivity contribution in [2.45, 2.75) is 26.4 Å². The second kappa shape index (κ2) is 7.28. The number of carbonyl (C=O) groups is 2. The van der Waals surface area contributed by atoms with E-state index in [-0.39, 0.29) is 12.5 Å². The van der Waals surface area contributed by atoms with Crippen molar-refractivity contribution < 1.29 is 19.1 Å². The number of methoxy groups -OCH3 is 1. The maximum absolute atomic E-state index is 11.9. The number of amides is 2. The third kappa shape index (κ3) is 5.61. The molecule has 1 heterocycles. The van der Waals surface area contributed by atoms with Crippen molar-refractivity contribution in [3.05, 3.63) is 12.2 Å². The van der Waals surface area contributed by atoms with Gasteiger partial charge in [0, 0.05) is 26.7 Å². The molecule has 0 spiro atoms. The minimum Gasteiger partial charge on any atom is -0.444 e. The summed E-state index contributed by atoms with van der Waals surface area (Å²) in [6.07, 6.45) is 3.33. The lowest BCUT2D eigenvalue weighted by Crippen LogP contribution is -2.53. The fraction of sp³-hybridized carbons (Fsp3) is 0.714. The van der Waals surface area contributed by atoms with Crippen LogP contribution in [-0.2, 0) is 14.3 Å². The molecule has 0 N–H and O–H groups in total. The molecule has 2 amide bonds. The monoisotopic (exact) mass is 284 g/mol. The molecule has 1 rings (SSSR count). The van der Waals surface area contributed by atoms with Crippen LogP contribution in [0.3, 0.4) is 0 Å². The fourth-order valence-electron chi connectivity index (χ4n) is 1.75. The minimum absolute atomic E-state index is 0.0656. The molecule has 0 bridgehead atoms. The molecule has 114 valence electrons. The number of piperazine rings is 1. The fourth-order valence-corrected chi connectivity index (χ4v) is 1.75. The van der Waals surface area contributed by atoms with Crippen molar-refractivity contribution in [1.29, 1.82) is 0 Å². The Balaban J connectivity index is 2.43. The Labute approximate surface area is 120 Å². The Hall–Kier alpha value is -1.56. The van der Waals surface area contributed by atoms with E-state index in [9.17, 15) is 9.59 Å². The third-order valence-electron chi connectivity index (χ3n) is 2.73. The third-order valence-corrected chi connectivity index (χ3v) is 2.73. The molecule has 6 heteroatoms. The molecule has 0 atom stereocenters. The first-order chi connectivity index (χ1) is 9.33. The predicted molar refractivity (Wildman–Crippen MR) is 75.4 cm³/mol. The lowest BCUT2D eigenvalue weighted by atomic mass is 10.2. The van der Waals surface area contributed by atoms with Crippen LogP contribution in [-0.4, -0.2) is 67.3 Å². The van der Waals surface area contributed by atoms with E-state index < -0.39 is 11.7 Å². The number of hydrogen-bond donors (Lipinski definition) is 0. The van der Waals surface area contributed by atoms with Crippen molar-refractivity contribution in [3.63, 3.8) is 0 Å². The van der Waals surface area contributed by atoms with E-state index in [1.54, 1.807) is 12.0 Å². The number of nitrogens with zero attached hydrogens (tertiary/aromatic N) is 2. The van der Waals surface area contributed by atoms with Gasteiger partial charge < -0.3 is 14.4 Å². The molecule has 0 radical (unpaired) electrons. The molecule has 1 saturated heterocycles. The normalized spacial score (nSPS) is 16.9. The summed E-state index contributed by atoms with van der Waals surface area (Å²) in [7, 11) is 1.62. The molecule has 0 aromatic heterocycles. The number of carbonyl (C=O) groups excluding carboxylic acids is 2. The van der Waals surface area contributed by atoms with Crippen molar-refractivity contribution in [3.8, 4) is 0 Å². The highest BCUT2D eigenvalue weighted by molar-refractivity contribution is 5.83. The van der Waals surface area contributed by atoms with Gasteiger partial charge in [-0.15, -0.1) is 0 Å². The van der Waals surface area contributed by atoms with Crippen LogP contribution in [0.1, 0.15) is 20.8 Å². The first-order valence-electron chi connectivity index (χ1n) is 6.73. The average Bonchev–Trinajstić information content (AvgIpc) is 2.34. The molecule has 1 aliphatic heterocycles. The summed E-state index contributed by atoms with van der Waals surface area (Å²) in [5.74, 6) is -0.0656. The van der Waals surface area contributed by atoms with Crippen LogP contribution >= 0.6 is 0 Å². The van der Waals surface area contributed by atoms with Gasteiger partial charge >= 0.3 is 6.09 Å². The van der Waals surface area contributed by atoms with Crippen molar-refractivity contribution in [1.82, 2.24) is 9.80 Å². The van der Waals surface area contributed by atoms with Gasteiger partial charge in [0.15, 0.2) is 0 Å². The molecule has 0 aromatic carbocycles. The van der Waals surface area contributed by atoms with E-state index in [2.05, 4.69) is 0 Å².